The summed E-state index contributed by atoms with van der Waals surface area (Å²) in [6.45, 7) is 0.251. The van der Waals surface area contributed by atoms with Gasteiger partial charge in [-0.05, 0) is 54.1 Å². The minimum absolute atomic E-state index is 0.107. The van der Waals surface area contributed by atoms with E-state index in [0.717, 1.165) is 16.5 Å². The number of halogens is 1. The van der Waals surface area contributed by atoms with Crippen LogP contribution in [0.3, 0.4) is 0 Å². The number of hydrogen-bond donors (Lipinski definition) is 0. The maximum atomic E-state index is 13.4. The molecule has 0 atom stereocenters. The Morgan fingerprint density at radius 2 is 1.58 bits per heavy atom. The van der Waals surface area contributed by atoms with Gasteiger partial charge in [0.25, 0.3) is 0 Å². The van der Waals surface area contributed by atoms with Crippen molar-refractivity contribution in [1.82, 2.24) is 9.29 Å². The lowest BCUT2D eigenvalue weighted by atomic mass is 10.1. The third-order valence-corrected chi connectivity index (χ3v) is 6.95. The Balaban J connectivity index is 1.71. The summed E-state index contributed by atoms with van der Waals surface area (Å²) >= 11 is 5.94. The third kappa shape index (κ3) is 4.75. The Hall–Kier alpha value is -3.24. The van der Waals surface area contributed by atoms with Gasteiger partial charge in [-0.15, -0.1) is 0 Å². The Labute approximate surface area is 186 Å². The first-order valence-electron chi connectivity index (χ1n) is 9.55. The normalized spacial score (nSPS) is 11.5. The molecule has 0 spiro atoms. The third-order valence-electron chi connectivity index (χ3n) is 4.89. The van der Waals surface area contributed by atoms with Gasteiger partial charge >= 0.3 is 0 Å². The quantitative estimate of drug-likeness (QED) is 0.409. The molecule has 4 aromatic rings. The number of nitriles is 1. The summed E-state index contributed by atoms with van der Waals surface area (Å²) < 4.78 is 28.3. The summed E-state index contributed by atoms with van der Waals surface area (Å²) in [5.41, 5.74) is 2.75. The van der Waals surface area contributed by atoms with Gasteiger partial charge in [-0.2, -0.15) is 9.57 Å². The molecule has 0 fully saturated rings. The highest BCUT2D eigenvalue weighted by Gasteiger charge is 2.25. The molecular weight excluding hydrogens is 430 g/mol. The average Bonchev–Trinajstić information content (AvgIpc) is 2.79. The molecule has 0 radical (unpaired) electrons. The van der Waals surface area contributed by atoms with Gasteiger partial charge in [0.2, 0.25) is 10.0 Å². The topological polar surface area (TPSA) is 74.1 Å². The van der Waals surface area contributed by atoms with Crippen molar-refractivity contribution in [1.29, 1.82) is 5.26 Å². The highest BCUT2D eigenvalue weighted by Crippen LogP contribution is 2.23. The second-order valence-corrected chi connectivity index (χ2v) is 9.41. The van der Waals surface area contributed by atoms with Crippen LogP contribution in [0.5, 0.6) is 0 Å². The number of sulfonamides is 1. The fourth-order valence-corrected chi connectivity index (χ4v) is 4.77. The molecule has 3 aromatic carbocycles. The number of hydrogen-bond acceptors (Lipinski definition) is 4. The molecule has 0 N–H and O–H groups in total. The fourth-order valence-electron chi connectivity index (χ4n) is 3.25. The average molecular weight is 448 g/mol. The standard InChI is InChI=1S/C24H18ClN3O2S/c25-21-10-13-23(14-11-21)31(29,30)28(16-19-7-5-18(15-26)6-8-19)17-22-12-9-20-3-1-2-4-24(20)27-22/h1-14H,16-17H2. The maximum absolute atomic E-state index is 13.4. The van der Waals surface area contributed by atoms with Crippen LogP contribution in [0.15, 0.2) is 89.8 Å². The predicted octanol–water partition coefficient (Wildman–Crippen LogP) is 5.15. The zero-order valence-electron chi connectivity index (χ0n) is 16.4. The number of benzene rings is 3. The monoisotopic (exact) mass is 447 g/mol. The second kappa shape index (κ2) is 8.86. The van der Waals surface area contributed by atoms with Gasteiger partial charge in [0.15, 0.2) is 0 Å². The van der Waals surface area contributed by atoms with Crippen molar-refractivity contribution in [2.24, 2.45) is 0 Å². The Kier molecular flexibility index (Phi) is 6.01. The Morgan fingerprint density at radius 3 is 2.29 bits per heavy atom. The van der Waals surface area contributed by atoms with Crippen LogP contribution in [0.2, 0.25) is 5.02 Å². The van der Waals surface area contributed by atoms with E-state index in [2.05, 4.69) is 11.1 Å². The number of pyridine rings is 1. The molecule has 0 aliphatic carbocycles. The van der Waals surface area contributed by atoms with Crippen molar-refractivity contribution >= 4 is 32.5 Å². The fraction of sp³-hybridized carbons (Fsp3) is 0.0833. The van der Waals surface area contributed by atoms with E-state index in [1.165, 1.54) is 16.4 Å². The number of aromatic nitrogens is 1. The molecule has 0 saturated heterocycles. The molecule has 0 bridgehead atoms. The lowest BCUT2D eigenvalue weighted by Crippen LogP contribution is -2.30. The lowest BCUT2D eigenvalue weighted by Gasteiger charge is -2.22. The molecule has 31 heavy (non-hydrogen) atoms. The molecule has 0 unspecified atom stereocenters. The first-order chi connectivity index (χ1) is 15.0. The smallest absolute Gasteiger partial charge is 0.243 e. The highest BCUT2D eigenvalue weighted by molar-refractivity contribution is 7.89. The number of fused-ring (bicyclic) bond motifs is 1. The number of para-hydroxylation sites is 1. The molecule has 5 nitrogen and oxygen atoms in total. The highest BCUT2D eigenvalue weighted by atomic mass is 35.5. The summed E-state index contributed by atoms with van der Waals surface area (Å²) in [7, 11) is -3.81. The van der Waals surface area contributed by atoms with Crippen molar-refractivity contribution in [2.45, 2.75) is 18.0 Å². The molecule has 0 amide bonds. The largest absolute Gasteiger partial charge is 0.251 e. The van der Waals surface area contributed by atoms with Crippen molar-refractivity contribution in [3.63, 3.8) is 0 Å². The van der Waals surface area contributed by atoms with E-state index < -0.39 is 10.0 Å². The molecule has 0 aliphatic heterocycles. The van der Waals surface area contributed by atoms with Gasteiger partial charge in [0, 0.05) is 17.0 Å². The van der Waals surface area contributed by atoms with Crippen LogP contribution in [0, 0.1) is 11.3 Å². The summed E-state index contributed by atoms with van der Waals surface area (Å²) in [6, 6.07) is 26.5. The van der Waals surface area contributed by atoms with Crippen molar-refractivity contribution in [3.8, 4) is 6.07 Å². The van der Waals surface area contributed by atoms with Gasteiger partial charge in [-0.25, -0.2) is 8.42 Å². The van der Waals surface area contributed by atoms with Crippen LogP contribution in [0.1, 0.15) is 16.8 Å². The van der Waals surface area contributed by atoms with Crippen LogP contribution >= 0.6 is 11.6 Å². The number of nitrogens with zero attached hydrogens (tertiary/aromatic N) is 3. The number of rotatable bonds is 6. The molecular formula is C24H18ClN3O2S. The molecule has 154 valence electrons. The first-order valence-corrected chi connectivity index (χ1v) is 11.4. The summed E-state index contributed by atoms with van der Waals surface area (Å²) in [6.07, 6.45) is 0. The minimum Gasteiger partial charge on any atom is -0.251 e. The molecule has 0 aliphatic rings. The van der Waals surface area contributed by atoms with Crippen LogP contribution < -0.4 is 0 Å². The van der Waals surface area contributed by atoms with Crippen LogP contribution in [0.25, 0.3) is 10.9 Å². The summed E-state index contributed by atoms with van der Waals surface area (Å²) in [5.74, 6) is 0. The molecule has 4 rings (SSSR count). The Bertz CT molecular complexity index is 1360. The van der Waals surface area contributed by atoms with E-state index in [0.29, 0.717) is 16.3 Å². The van der Waals surface area contributed by atoms with E-state index in [1.54, 1.807) is 36.4 Å². The molecule has 0 saturated carbocycles. The van der Waals surface area contributed by atoms with Crippen LogP contribution in [-0.4, -0.2) is 17.7 Å². The van der Waals surface area contributed by atoms with E-state index in [1.807, 2.05) is 36.4 Å². The van der Waals surface area contributed by atoms with Gasteiger partial charge in [0.1, 0.15) is 0 Å². The van der Waals surface area contributed by atoms with E-state index in [4.69, 9.17) is 16.9 Å². The predicted molar refractivity (Wildman–Crippen MR) is 121 cm³/mol. The van der Waals surface area contributed by atoms with Crippen LogP contribution in [-0.2, 0) is 23.1 Å². The minimum atomic E-state index is -3.81. The first kappa shape index (κ1) is 21.0. The van der Waals surface area contributed by atoms with Crippen molar-refractivity contribution in [2.75, 3.05) is 0 Å². The van der Waals surface area contributed by atoms with Gasteiger partial charge in [-0.3, -0.25) is 4.98 Å². The maximum Gasteiger partial charge on any atom is 0.243 e. The van der Waals surface area contributed by atoms with Gasteiger partial charge in [-0.1, -0.05) is 48.0 Å². The van der Waals surface area contributed by atoms with Crippen molar-refractivity contribution < 1.29 is 8.42 Å². The summed E-state index contributed by atoms with van der Waals surface area (Å²) in [5, 5.41) is 10.5. The molecule has 1 aromatic heterocycles. The summed E-state index contributed by atoms with van der Waals surface area (Å²) in [4.78, 5) is 4.79. The Morgan fingerprint density at radius 1 is 0.871 bits per heavy atom. The zero-order chi connectivity index (χ0) is 21.8. The SMILES string of the molecule is N#Cc1ccc(CN(Cc2ccc3ccccc3n2)S(=O)(=O)c2ccc(Cl)cc2)cc1. The molecule has 1 heterocycles. The zero-order valence-corrected chi connectivity index (χ0v) is 18.0. The lowest BCUT2D eigenvalue weighted by molar-refractivity contribution is 0.397. The van der Waals surface area contributed by atoms with Crippen molar-refractivity contribution in [3.05, 3.63) is 107 Å². The van der Waals surface area contributed by atoms with E-state index >= 15 is 0 Å². The van der Waals surface area contributed by atoms with Gasteiger partial charge < -0.3 is 0 Å². The van der Waals surface area contributed by atoms with E-state index in [9.17, 15) is 8.42 Å². The van der Waals surface area contributed by atoms with E-state index in [-0.39, 0.29) is 18.0 Å². The van der Waals surface area contributed by atoms with Gasteiger partial charge in [0.05, 0.1) is 34.3 Å². The van der Waals surface area contributed by atoms with Crippen LogP contribution in [0.4, 0.5) is 0 Å². The molecule has 7 heteroatoms. The second-order valence-electron chi connectivity index (χ2n) is 7.03.